The Morgan fingerprint density at radius 1 is 1.14 bits per heavy atom. The van der Waals surface area contributed by atoms with Crippen LogP contribution in [0.25, 0.3) is 11.4 Å². The van der Waals surface area contributed by atoms with Gasteiger partial charge in [-0.1, -0.05) is 11.3 Å². The predicted molar refractivity (Wildman–Crippen MR) is 100 cm³/mol. The van der Waals surface area contributed by atoms with Crippen LogP contribution in [0.4, 0.5) is 13.2 Å². The molecule has 1 aliphatic carbocycles. The van der Waals surface area contributed by atoms with Gasteiger partial charge < -0.3 is 9.47 Å². The maximum absolute atomic E-state index is 12.7. The summed E-state index contributed by atoms with van der Waals surface area (Å²) in [5.41, 5.74) is 0.854. The van der Waals surface area contributed by atoms with Gasteiger partial charge in [-0.15, -0.1) is 0 Å². The highest BCUT2D eigenvalue weighted by Crippen LogP contribution is 2.49. The number of hydrogen-bond acceptors (Lipinski definition) is 6. The summed E-state index contributed by atoms with van der Waals surface area (Å²) in [6.07, 6.45) is -0.897. The Balaban J connectivity index is 1.59. The van der Waals surface area contributed by atoms with Gasteiger partial charge in [0.25, 0.3) is 5.19 Å². The molecule has 4 rings (SSSR count). The van der Waals surface area contributed by atoms with Gasteiger partial charge in [0.05, 0.1) is 23.9 Å². The quantitative estimate of drug-likeness (QED) is 0.497. The molecule has 5 nitrogen and oxygen atoms in total. The van der Waals surface area contributed by atoms with Crippen LogP contribution < -0.4 is 4.74 Å². The van der Waals surface area contributed by atoms with E-state index in [1.54, 1.807) is 12.1 Å². The Bertz CT molecular complexity index is 1030. The number of methoxy groups -OCH3 is 1. The molecule has 2 aromatic heterocycles. The third-order valence-electron chi connectivity index (χ3n) is 4.40. The Hall–Kier alpha value is -2.94. The number of esters is 1. The van der Waals surface area contributed by atoms with E-state index in [1.165, 1.54) is 36.8 Å². The van der Waals surface area contributed by atoms with Gasteiger partial charge in [0.15, 0.2) is 0 Å². The van der Waals surface area contributed by atoms with E-state index in [2.05, 4.69) is 14.7 Å². The van der Waals surface area contributed by atoms with Crippen LogP contribution in [0, 0.1) is 0 Å². The number of carbonyl (C=O) groups is 1. The number of nitrogens with zero attached hydrogens (tertiary/aromatic N) is 2. The molecule has 0 amide bonds. The van der Waals surface area contributed by atoms with E-state index in [0.29, 0.717) is 28.1 Å². The molecule has 0 bridgehead atoms. The summed E-state index contributed by atoms with van der Waals surface area (Å²) in [7, 11) is 1.30. The molecule has 1 aromatic carbocycles. The topological polar surface area (TPSA) is 61.3 Å². The molecule has 0 aliphatic heterocycles. The molecule has 2 heterocycles. The average molecular weight is 420 g/mol. The highest BCUT2D eigenvalue weighted by atomic mass is 32.1. The molecule has 1 saturated carbocycles. The zero-order valence-electron chi connectivity index (χ0n) is 15.2. The Morgan fingerprint density at radius 2 is 1.86 bits per heavy atom. The summed E-state index contributed by atoms with van der Waals surface area (Å²) in [5.74, 6) is 0.167. The maximum Gasteiger partial charge on any atom is 0.416 e. The van der Waals surface area contributed by atoms with Crippen LogP contribution >= 0.6 is 11.3 Å². The van der Waals surface area contributed by atoms with Crippen molar-refractivity contribution in [2.45, 2.75) is 24.9 Å². The molecule has 150 valence electrons. The number of alkyl halides is 3. The van der Waals surface area contributed by atoms with Crippen LogP contribution in [0.15, 0.2) is 42.6 Å². The van der Waals surface area contributed by atoms with Crippen molar-refractivity contribution in [3.05, 3.63) is 58.6 Å². The molecule has 1 aliphatic rings. The number of thiazole rings is 1. The molecule has 29 heavy (non-hydrogen) atoms. The lowest BCUT2D eigenvalue weighted by atomic mass is 10.2. The number of carbonyl (C=O) groups excluding carboxylic acids is 1. The molecular formula is C20H15F3N2O3S. The van der Waals surface area contributed by atoms with Crippen LogP contribution in [-0.2, 0) is 10.9 Å². The molecule has 9 heteroatoms. The second-order valence-electron chi connectivity index (χ2n) is 6.51. The monoisotopic (exact) mass is 420 g/mol. The second kappa shape index (κ2) is 7.47. The van der Waals surface area contributed by atoms with E-state index in [1.807, 2.05) is 0 Å². The van der Waals surface area contributed by atoms with E-state index >= 15 is 0 Å². The third kappa shape index (κ3) is 4.24. The van der Waals surface area contributed by atoms with Crippen molar-refractivity contribution in [3.8, 4) is 22.3 Å². The highest BCUT2D eigenvalue weighted by molar-refractivity contribution is 7.14. The van der Waals surface area contributed by atoms with Gasteiger partial charge in [-0.05, 0) is 55.2 Å². The number of aromatic nitrogens is 2. The number of ether oxygens (including phenoxy) is 2. The Morgan fingerprint density at radius 3 is 2.41 bits per heavy atom. The third-order valence-corrected chi connectivity index (χ3v) is 5.49. The minimum atomic E-state index is -4.39. The lowest BCUT2D eigenvalue weighted by Gasteiger charge is -2.07. The van der Waals surface area contributed by atoms with Crippen LogP contribution in [0.1, 0.15) is 39.6 Å². The van der Waals surface area contributed by atoms with Gasteiger partial charge in [-0.25, -0.2) is 9.78 Å². The SMILES string of the molecule is COC(=O)c1ccc(-c2nc(Oc3ccc(C(F)(F)F)cc3)sc2C2CC2)nc1. The van der Waals surface area contributed by atoms with Gasteiger partial charge in [0, 0.05) is 11.1 Å². The summed E-state index contributed by atoms with van der Waals surface area (Å²) in [4.78, 5) is 21.4. The summed E-state index contributed by atoms with van der Waals surface area (Å²) in [5, 5.41) is 0.334. The molecule has 0 radical (unpaired) electrons. The van der Waals surface area contributed by atoms with Gasteiger partial charge in [-0.2, -0.15) is 13.2 Å². The Labute approximate surface area is 168 Å². The van der Waals surface area contributed by atoms with E-state index in [4.69, 9.17) is 4.74 Å². The molecule has 3 aromatic rings. The minimum absolute atomic E-state index is 0.273. The molecular weight excluding hydrogens is 405 g/mol. The normalized spacial score (nSPS) is 13.9. The predicted octanol–water partition coefficient (Wildman–Crippen LogP) is 5.68. The highest BCUT2D eigenvalue weighted by Gasteiger charge is 2.32. The van der Waals surface area contributed by atoms with Crippen molar-refractivity contribution < 1.29 is 27.4 Å². The van der Waals surface area contributed by atoms with Crippen molar-refractivity contribution in [1.29, 1.82) is 0 Å². The summed E-state index contributed by atoms with van der Waals surface area (Å²) in [6, 6.07) is 7.78. The van der Waals surface area contributed by atoms with Gasteiger partial charge in [0.2, 0.25) is 0 Å². The fraction of sp³-hybridized carbons (Fsp3) is 0.250. The smallest absolute Gasteiger partial charge is 0.416 e. The van der Waals surface area contributed by atoms with Crippen LogP contribution in [0.5, 0.6) is 10.9 Å². The van der Waals surface area contributed by atoms with E-state index < -0.39 is 17.7 Å². The lowest BCUT2D eigenvalue weighted by molar-refractivity contribution is -0.137. The van der Waals surface area contributed by atoms with Crippen molar-refractivity contribution >= 4 is 17.3 Å². The lowest BCUT2D eigenvalue weighted by Crippen LogP contribution is -2.03. The number of halogens is 3. The first-order valence-corrected chi connectivity index (χ1v) is 9.57. The van der Waals surface area contributed by atoms with Gasteiger partial charge in [-0.3, -0.25) is 4.98 Å². The fourth-order valence-electron chi connectivity index (χ4n) is 2.75. The number of pyridine rings is 1. The molecule has 0 saturated heterocycles. The van der Waals surface area contributed by atoms with Crippen molar-refractivity contribution in [3.63, 3.8) is 0 Å². The van der Waals surface area contributed by atoms with Crippen molar-refractivity contribution in [1.82, 2.24) is 9.97 Å². The fourth-order valence-corrected chi connectivity index (χ4v) is 3.86. The van der Waals surface area contributed by atoms with Crippen LogP contribution in [-0.4, -0.2) is 23.0 Å². The standard InChI is InChI=1S/C20H15F3N2O3S/c1-27-18(26)12-4-9-15(24-10-12)16-17(11-2-3-11)29-19(25-16)28-14-7-5-13(6-8-14)20(21,22)23/h4-11H,2-3H2,1H3. The molecule has 0 atom stereocenters. The molecule has 0 unspecified atom stereocenters. The minimum Gasteiger partial charge on any atom is -0.465 e. The zero-order chi connectivity index (χ0) is 20.6. The average Bonchev–Trinajstić information content (AvgIpc) is 3.47. The largest absolute Gasteiger partial charge is 0.465 e. The first-order chi connectivity index (χ1) is 13.8. The summed E-state index contributed by atoms with van der Waals surface area (Å²) < 4.78 is 48.5. The molecule has 0 N–H and O–H groups in total. The van der Waals surface area contributed by atoms with Gasteiger partial charge >= 0.3 is 12.1 Å². The summed E-state index contributed by atoms with van der Waals surface area (Å²) in [6.45, 7) is 0. The molecule has 0 spiro atoms. The number of benzene rings is 1. The Kier molecular flexibility index (Phi) is 4.99. The molecule has 1 fully saturated rings. The van der Waals surface area contributed by atoms with Crippen LogP contribution in [0.2, 0.25) is 0 Å². The number of hydrogen-bond donors (Lipinski definition) is 0. The van der Waals surface area contributed by atoms with Crippen LogP contribution in [0.3, 0.4) is 0 Å². The van der Waals surface area contributed by atoms with Gasteiger partial charge in [0.1, 0.15) is 11.4 Å². The first-order valence-electron chi connectivity index (χ1n) is 8.75. The van der Waals surface area contributed by atoms with E-state index in [9.17, 15) is 18.0 Å². The van der Waals surface area contributed by atoms with E-state index in [0.717, 1.165) is 29.9 Å². The first kappa shape index (κ1) is 19.4. The maximum atomic E-state index is 12.7. The summed E-state index contributed by atoms with van der Waals surface area (Å²) >= 11 is 1.36. The van der Waals surface area contributed by atoms with Crippen molar-refractivity contribution in [2.24, 2.45) is 0 Å². The van der Waals surface area contributed by atoms with E-state index in [-0.39, 0.29) is 5.75 Å². The second-order valence-corrected chi connectivity index (χ2v) is 7.51. The number of rotatable bonds is 5. The zero-order valence-corrected chi connectivity index (χ0v) is 16.0. The van der Waals surface area contributed by atoms with Crippen molar-refractivity contribution in [2.75, 3.05) is 7.11 Å².